The summed E-state index contributed by atoms with van der Waals surface area (Å²) in [6.45, 7) is 5.04. The van der Waals surface area contributed by atoms with Crippen LogP contribution in [0.1, 0.15) is 32.9 Å². The van der Waals surface area contributed by atoms with Crippen molar-refractivity contribution in [3.05, 3.63) is 101 Å². The van der Waals surface area contributed by atoms with Crippen LogP contribution in [0.2, 0.25) is 0 Å². The molecule has 1 N–H and O–H groups in total. The van der Waals surface area contributed by atoms with Gasteiger partial charge in [-0.3, -0.25) is 9.48 Å². The Morgan fingerprint density at radius 1 is 1.00 bits per heavy atom. The zero-order chi connectivity index (χ0) is 20.2. The van der Waals surface area contributed by atoms with Crippen molar-refractivity contribution in [2.45, 2.75) is 26.9 Å². The van der Waals surface area contributed by atoms with Crippen molar-refractivity contribution in [1.82, 2.24) is 24.9 Å². The van der Waals surface area contributed by atoms with Crippen molar-refractivity contribution in [3.8, 4) is 5.69 Å². The van der Waals surface area contributed by atoms with Crippen molar-refractivity contribution < 1.29 is 4.79 Å². The van der Waals surface area contributed by atoms with E-state index in [0.717, 1.165) is 28.2 Å². The second-order valence-corrected chi connectivity index (χ2v) is 6.99. The molecule has 0 saturated heterocycles. The highest BCUT2D eigenvalue weighted by atomic mass is 16.1. The summed E-state index contributed by atoms with van der Waals surface area (Å²) in [5.41, 5.74) is 5.65. The van der Waals surface area contributed by atoms with Crippen molar-refractivity contribution in [3.63, 3.8) is 0 Å². The smallest absolute Gasteiger partial charge is 0.254 e. The molecule has 0 aliphatic rings. The van der Waals surface area contributed by atoms with Crippen LogP contribution in [0.5, 0.6) is 0 Å². The number of benzene rings is 2. The first-order valence-corrected chi connectivity index (χ1v) is 9.57. The number of para-hydroxylation sites is 1. The molecule has 6 heteroatoms. The van der Waals surface area contributed by atoms with Gasteiger partial charge in [0.15, 0.2) is 0 Å². The van der Waals surface area contributed by atoms with Gasteiger partial charge in [-0.2, -0.15) is 10.2 Å². The summed E-state index contributed by atoms with van der Waals surface area (Å²) in [6, 6.07) is 20.0. The fraction of sp³-hybridized carbons (Fsp3) is 0.174. The molecule has 0 saturated carbocycles. The first kappa shape index (κ1) is 18.7. The van der Waals surface area contributed by atoms with Gasteiger partial charge in [-0.05, 0) is 31.5 Å². The Kier molecular flexibility index (Phi) is 5.24. The van der Waals surface area contributed by atoms with Gasteiger partial charge in [0.1, 0.15) is 0 Å². The second kappa shape index (κ2) is 8.14. The number of rotatable bonds is 6. The molecule has 4 rings (SSSR count). The van der Waals surface area contributed by atoms with Crippen LogP contribution < -0.4 is 5.32 Å². The lowest BCUT2D eigenvalue weighted by molar-refractivity contribution is 0.0950. The largest absolute Gasteiger partial charge is 0.348 e. The monoisotopic (exact) mass is 385 g/mol. The Morgan fingerprint density at radius 2 is 1.69 bits per heavy atom. The molecule has 146 valence electrons. The molecule has 4 aromatic rings. The van der Waals surface area contributed by atoms with Gasteiger partial charge in [-0.25, -0.2) is 4.68 Å². The molecule has 0 aliphatic heterocycles. The maximum Gasteiger partial charge on any atom is 0.254 e. The van der Waals surface area contributed by atoms with Gasteiger partial charge in [-0.1, -0.05) is 48.5 Å². The van der Waals surface area contributed by atoms with Crippen LogP contribution in [-0.4, -0.2) is 25.5 Å². The molecule has 1 amide bonds. The molecule has 2 aromatic carbocycles. The Bertz CT molecular complexity index is 1110. The standard InChI is InChI=1S/C23H23N5O/c1-17-22(18(2)28(26-17)21-11-7-4-8-12-21)14-24-23(29)20-13-25-27(16-20)15-19-9-5-3-6-10-19/h3-13,16H,14-15H2,1-2H3,(H,24,29). The zero-order valence-electron chi connectivity index (χ0n) is 16.5. The summed E-state index contributed by atoms with van der Waals surface area (Å²) >= 11 is 0. The average Bonchev–Trinajstić information content (AvgIpc) is 3.32. The lowest BCUT2D eigenvalue weighted by atomic mass is 10.2. The van der Waals surface area contributed by atoms with Crippen LogP contribution in [0.15, 0.2) is 73.1 Å². The molecular weight excluding hydrogens is 362 g/mol. The molecular formula is C23H23N5O. The van der Waals surface area contributed by atoms with Gasteiger partial charge in [0, 0.05) is 24.0 Å². The van der Waals surface area contributed by atoms with E-state index >= 15 is 0 Å². The molecule has 6 nitrogen and oxygen atoms in total. The number of carbonyl (C=O) groups excluding carboxylic acids is 1. The molecule has 0 aliphatic carbocycles. The minimum atomic E-state index is -0.143. The summed E-state index contributed by atoms with van der Waals surface area (Å²) in [5, 5.41) is 11.9. The number of hydrogen-bond donors (Lipinski definition) is 1. The van der Waals surface area contributed by atoms with Gasteiger partial charge in [0.05, 0.1) is 29.7 Å². The number of hydrogen-bond acceptors (Lipinski definition) is 3. The zero-order valence-corrected chi connectivity index (χ0v) is 16.5. The van der Waals surface area contributed by atoms with Crippen LogP contribution in [-0.2, 0) is 13.1 Å². The van der Waals surface area contributed by atoms with Gasteiger partial charge in [-0.15, -0.1) is 0 Å². The van der Waals surface area contributed by atoms with E-state index in [-0.39, 0.29) is 5.91 Å². The third-order valence-corrected chi connectivity index (χ3v) is 4.95. The highest BCUT2D eigenvalue weighted by molar-refractivity contribution is 5.93. The van der Waals surface area contributed by atoms with Gasteiger partial charge < -0.3 is 5.32 Å². The van der Waals surface area contributed by atoms with E-state index in [1.54, 1.807) is 17.1 Å². The third kappa shape index (κ3) is 4.11. The van der Waals surface area contributed by atoms with Crippen LogP contribution in [0, 0.1) is 13.8 Å². The summed E-state index contributed by atoms with van der Waals surface area (Å²) in [5.74, 6) is -0.143. The van der Waals surface area contributed by atoms with Gasteiger partial charge in [0.2, 0.25) is 0 Å². The molecule has 2 heterocycles. The average molecular weight is 385 g/mol. The lowest BCUT2D eigenvalue weighted by Crippen LogP contribution is -2.23. The molecule has 0 atom stereocenters. The number of aromatic nitrogens is 4. The molecule has 0 spiro atoms. The lowest BCUT2D eigenvalue weighted by Gasteiger charge is -2.06. The first-order valence-electron chi connectivity index (χ1n) is 9.57. The van der Waals surface area contributed by atoms with Gasteiger partial charge in [0.25, 0.3) is 5.91 Å². The SMILES string of the molecule is Cc1nn(-c2ccccc2)c(C)c1CNC(=O)c1cnn(Cc2ccccc2)c1. The maximum absolute atomic E-state index is 12.6. The normalized spacial score (nSPS) is 10.8. The van der Waals surface area contributed by atoms with E-state index < -0.39 is 0 Å². The topological polar surface area (TPSA) is 64.7 Å². The Labute approximate surface area is 169 Å². The fourth-order valence-electron chi connectivity index (χ4n) is 3.36. The molecule has 0 fully saturated rings. The van der Waals surface area contributed by atoms with Crippen LogP contribution in [0.25, 0.3) is 5.69 Å². The minimum Gasteiger partial charge on any atom is -0.348 e. The fourth-order valence-corrected chi connectivity index (χ4v) is 3.36. The predicted octanol–water partition coefficient (Wildman–Crippen LogP) is 3.66. The molecule has 2 aromatic heterocycles. The Balaban J connectivity index is 1.43. The third-order valence-electron chi connectivity index (χ3n) is 4.95. The van der Waals surface area contributed by atoms with Crippen molar-refractivity contribution in [2.75, 3.05) is 0 Å². The molecule has 0 bridgehead atoms. The summed E-state index contributed by atoms with van der Waals surface area (Å²) in [4.78, 5) is 12.6. The highest BCUT2D eigenvalue weighted by Crippen LogP contribution is 2.17. The van der Waals surface area contributed by atoms with E-state index in [4.69, 9.17) is 0 Å². The van der Waals surface area contributed by atoms with E-state index in [1.165, 1.54) is 0 Å². The van der Waals surface area contributed by atoms with Crippen molar-refractivity contribution >= 4 is 5.91 Å². The second-order valence-electron chi connectivity index (χ2n) is 6.99. The minimum absolute atomic E-state index is 0.143. The van der Waals surface area contributed by atoms with Crippen molar-refractivity contribution in [1.29, 1.82) is 0 Å². The number of nitrogens with zero attached hydrogens (tertiary/aromatic N) is 4. The Hall–Kier alpha value is -3.67. The number of aryl methyl sites for hydroxylation is 1. The van der Waals surface area contributed by atoms with Crippen LogP contribution >= 0.6 is 0 Å². The number of amides is 1. The van der Waals surface area contributed by atoms with Gasteiger partial charge >= 0.3 is 0 Å². The molecule has 29 heavy (non-hydrogen) atoms. The first-order chi connectivity index (χ1) is 14.1. The van der Waals surface area contributed by atoms with Crippen LogP contribution in [0.3, 0.4) is 0 Å². The van der Waals surface area contributed by atoms with E-state index in [9.17, 15) is 4.79 Å². The van der Waals surface area contributed by atoms with Crippen LogP contribution in [0.4, 0.5) is 0 Å². The van der Waals surface area contributed by atoms with Crippen molar-refractivity contribution in [2.24, 2.45) is 0 Å². The Morgan fingerprint density at radius 3 is 2.41 bits per heavy atom. The van der Waals surface area contributed by atoms with E-state index in [0.29, 0.717) is 18.7 Å². The van der Waals surface area contributed by atoms with E-state index in [1.807, 2.05) is 79.2 Å². The highest BCUT2D eigenvalue weighted by Gasteiger charge is 2.15. The summed E-state index contributed by atoms with van der Waals surface area (Å²) in [7, 11) is 0. The quantitative estimate of drug-likeness (QED) is 0.551. The number of carbonyl (C=O) groups is 1. The molecule has 0 unspecified atom stereocenters. The predicted molar refractivity (Wildman–Crippen MR) is 112 cm³/mol. The maximum atomic E-state index is 12.6. The van der Waals surface area contributed by atoms with E-state index in [2.05, 4.69) is 15.5 Å². The molecule has 0 radical (unpaired) electrons. The summed E-state index contributed by atoms with van der Waals surface area (Å²) in [6.07, 6.45) is 3.38. The summed E-state index contributed by atoms with van der Waals surface area (Å²) < 4.78 is 3.68. The number of nitrogens with one attached hydrogen (secondary N) is 1.